The Bertz CT molecular complexity index is 577. The predicted molar refractivity (Wildman–Crippen MR) is 70.8 cm³/mol. The van der Waals surface area contributed by atoms with Crippen molar-refractivity contribution in [2.24, 2.45) is 0 Å². The fraction of sp³-hybridized carbons (Fsp3) is 0.154. The number of nitrogen functional groups attached to an aromatic ring is 1. The van der Waals surface area contributed by atoms with Crippen molar-refractivity contribution >= 4 is 23.4 Å². The molecule has 2 rings (SSSR count). The lowest BCUT2D eigenvalue weighted by Gasteiger charge is -2.06. The summed E-state index contributed by atoms with van der Waals surface area (Å²) in [6.45, 7) is 1.96. The van der Waals surface area contributed by atoms with Crippen LogP contribution in [0.1, 0.15) is 21.9 Å². The zero-order valence-corrected chi connectivity index (χ0v) is 10.7. The molecular formula is C13H13NO3S. The number of nitrogens with two attached hydrogens (primary N) is 1. The summed E-state index contributed by atoms with van der Waals surface area (Å²) in [6.07, 6.45) is 0. The minimum Gasteiger partial charge on any atom is -0.475 e. The summed E-state index contributed by atoms with van der Waals surface area (Å²) >= 11 is 1.57. The van der Waals surface area contributed by atoms with Crippen molar-refractivity contribution < 1.29 is 14.3 Å². The summed E-state index contributed by atoms with van der Waals surface area (Å²) in [4.78, 5) is 11.7. The second-order valence-electron chi connectivity index (χ2n) is 3.83. The van der Waals surface area contributed by atoms with Gasteiger partial charge in [-0.2, -0.15) is 0 Å². The van der Waals surface area contributed by atoms with Crippen molar-refractivity contribution in [2.75, 3.05) is 5.73 Å². The first-order chi connectivity index (χ1) is 8.58. The van der Waals surface area contributed by atoms with E-state index in [1.54, 1.807) is 17.8 Å². The van der Waals surface area contributed by atoms with E-state index in [2.05, 4.69) is 0 Å². The lowest BCUT2D eigenvalue weighted by Crippen LogP contribution is -1.92. The maximum atomic E-state index is 10.7. The molecule has 18 heavy (non-hydrogen) atoms. The molecular weight excluding hydrogens is 250 g/mol. The van der Waals surface area contributed by atoms with Crippen LogP contribution in [0.3, 0.4) is 0 Å². The number of thioether (sulfide) groups is 1. The third-order valence-electron chi connectivity index (χ3n) is 2.57. The normalized spacial score (nSPS) is 10.5. The Kier molecular flexibility index (Phi) is 3.62. The van der Waals surface area contributed by atoms with Crippen molar-refractivity contribution in [1.29, 1.82) is 0 Å². The summed E-state index contributed by atoms with van der Waals surface area (Å²) in [7, 11) is 0. The Balaban J connectivity index is 2.07. The highest BCUT2D eigenvalue weighted by Crippen LogP contribution is 2.29. The van der Waals surface area contributed by atoms with E-state index in [1.165, 1.54) is 6.07 Å². The lowest BCUT2D eigenvalue weighted by atomic mass is 10.2. The largest absolute Gasteiger partial charge is 0.475 e. The van der Waals surface area contributed by atoms with Crippen LogP contribution in [-0.4, -0.2) is 11.1 Å². The molecule has 3 N–H and O–H groups in total. The third kappa shape index (κ3) is 2.68. The topological polar surface area (TPSA) is 76.5 Å². The van der Waals surface area contributed by atoms with Gasteiger partial charge in [-0.15, -0.1) is 11.8 Å². The van der Waals surface area contributed by atoms with Crippen molar-refractivity contribution in [1.82, 2.24) is 0 Å². The smallest absolute Gasteiger partial charge is 0.371 e. The van der Waals surface area contributed by atoms with E-state index < -0.39 is 5.97 Å². The highest BCUT2D eigenvalue weighted by atomic mass is 32.2. The maximum absolute atomic E-state index is 10.7. The first-order valence-electron chi connectivity index (χ1n) is 5.38. The molecule has 0 amide bonds. The van der Waals surface area contributed by atoms with Gasteiger partial charge in [0.1, 0.15) is 5.76 Å². The van der Waals surface area contributed by atoms with Gasteiger partial charge in [0.15, 0.2) is 0 Å². The number of hydrogen-bond acceptors (Lipinski definition) is 4. The monoisotopic (exact) mass is 263 g/mol. The number of anilines is 1. The SMILES string of the molecule is Cc1c(N)cccc1SCc1ccc(C(=O)O)o1. The Morgan fingerprint density at radius 1 is 1.39 bits per heavy atom. The minimum absolute atomic E-state index is 0.0325. The molecule has 0 spiro atoms. The van der Waals surface area contributed by atoms with Crippen LogP contribution in [0, 0.1) is 6.92 Å². The average molecular weight is 263 g/mol. The molecule has 0 aliphatic rings. The van der Waals surface area contributed by atoms with Gasteiger partial charge in [0.2, 0.25) is 5.76 Å². The molecule has 94 valence electrons. The van der Waals surface area contributed by atoms with E-state index in [0.29, 0.717) is 11.5 Å². The van der Waals surface area contributed by atoms with Crippen LogP contribution in [0.15, 0.2) is 39.6 Å². The molecule has 0 bridgehead atoms. The number of benzene rings is 1. The first kappa shape index (κ1) is 12.6. The molecule has 0 radical (unpaired) electrons. The summed E-state index contributed by atoms with van der Waals surface area (Å²) in [5, 5.41) is 8.75. The number of hydrogen-bond donors (Lipinski definition) is 2. The van der Waals surface area contributed by atoms with Gasteiger partial charge in [-0.3, -0.25) is 0 Å². The zero-order chi connectivity index (χ0) is 13.1. The second-order valence-corrected chi connectivity index (χ2v) is 4.85. The summed E-state index contributed by atoms with van der Waals surface area (Å²) in [6, 6.07) is 8.88. The van der Waals surface area contributed by atoms with Crippen LogP contribution in [-0.2, 0) is 5.75 Å². The first-order valence-corrected chi connectivity index (χ1v) is 6.36. The Hall–Kier alpha value is -1.88. The Labute approximate surface area is 109 Å². The van der Waals surface area contributed by atoms with Crippen LogP contribution in [0.4, 0.5) is 5.69 Å². The standard InChI is InChI=1S/C13H13NO3S/c1-8-10(14)3-2-4-12(8)18-7-9-5-6-11(17-9)13(15)16/h2-6H,7,14H2,1H3,(H,15,16). The molecule has 1 aromatic carbocycles. The molecule has 1 aromatic heterocycles. The van der Waals surface area contributed by atoms with Crippen molar-refractivity contribution in [3.63, 3.8) is 0 Å². The van der Waals surface area contributed by atoms with Crippen molar-refractivity contribution in [3.05, 3.63) is 47.4 Å². The van der Waals surface area contributed by atoms with Gasteiger partial charge < -0.3 is 15.3 Å². The number of furan rings is 1. The van der Waals surface area contributed by atoms with Gasteiger partial charge in [0, 0.05) is 10.6 Å². The highest BCUT2D eigenvalue weighted by molar-refractivity contribution is 7.98. The minimum atomic E-state index is -1.05. The third-order valence-corrected chi connectivity index (χ3v) is 3.75. The molecule has 0 saturated carbocycles. The molecule has 2 aromatic rings. The van der Waals surface area contributed by atoms with Crippen LogP contribution in [0.25, 0.3) is 0 Å². The van der Waals surface area contributed by atoms with Crippen LogP contribution < -0.4 is 5.73 Å². The van der Waals surface area contributed by atoms with Gasteiger partial charge in [0.25, 0.3) is 0 Å². The van der Waals surface area contributed by atoms with Gasteiger partial charge in [-0.1, -0.05) is 6.07 Å². The van der Waals surface area contributed by atoms with Crippen molar-refractivity contribution in [2.45, 2.75) is 17.6 Å². The van der Waals surface area contributed by atoms with E-state index in [1.807, 2.05) is 25.1 Å². The van der Waals surface area contributed by atoms with Crippen LogP contribution in [0.2, 0.25) is 0 Å². The molecule has 0 unspecified atom stereocenters. The van der Waals surface area contributed by atoms with Gasteiger partial charge >= 0.3 is 5.97 Å². The highest BCUT2D eigenvalue weighted by Gasteiger charge is 2.09. The van der Waals surface area contributed by atoms with Crippen LogP contribution in [0.5, 0.6) is 0 Å². The second kappa shape index (κ2) is 5.18. The molecule has 5 heteroatoms. The lowest BCUT2D eigenvalue weighted by molar-refractivity contribution is 0.0661. The molecule has 1 heterocycles. The maximum Gasteiger partial charge on any atom is 0.371 e. The molecule has 0 aliphatic heterocycles. The number of carboxylic acids is 1. The fourth-order valence-corrected chi connectivity index (χ4v) is 2.47. The molecule has 0 aliphatic carbocycles. The molecule has 0 fully saturated rings. The summed E-state index contributed by atoms with van der Waals surface area (Å²) in [5.41, 5.74) is 7.61. The fourth-order valence-electron chi connectivity index (χ4n) is 1.51. The quantitative estimate of drug-likeness (QED) is 0.654. The zero-order valence-electron chi connectivity index (χ0n) is 9.84. The van der Waals surface area contributed by atoms with E-state index in [9.17, 15) is 4.79 Å². The molecule has 0 atom stereocenters. The number of aromatic carboxylic acids is 1. The van der Waals surface area contributed by atoms with Gasteiger partial charge in [0.05, 0.1) is 5.75 Å². The predicted octanol–water partition coefficient (Wildman–Crippen LogP) is 3.16. The summed E-state index contributed by atoms with van der Waals surface area (Å²) < 4.78 is 5.19. The van der Waals surface area contributed by atoms with Gasteiger partial charge in [-0.25, -0.2) is 4.79 Å². The van der Waals surface area contributed by atoms with Crippen molar-refractivity contribution in [3.8, 4) is 0 Å². The number of carboxylic acid groups (broad SMARTS) is 1. The number of carbonyl (C=O) groups is 1. The van der Waals surface area contributed by atoms with E-state index >= 15 is 0 Å². The van der Waals surface area contributed by atoms with E-state index in [-0.39, 0.29) is 5.76 Å². The Morgan fingerprint density at radius 2 is 2.17 bits per heavy atom. The molecule has 4 nitrogen and oxygen atoms in total. The summed E-state index contributed by atoms with van der Waals surface area (Å²) in [5.74, 6) is 0.137. The Morgan fingerprint density at radius 3 is 2.83 bits per heavy atom. The van der Waals surface area contributed by atoms with Gasteiger partial charge in [-0.05, 0) is 36.8 Å². The van der Waals surface area contributed by atoms with E-state index in [4.69, 9.17) is 15.3 Å². The average Bonchev–Trinajstić information content (AvgIpc) is 2.80. The molecule has 0 saturated heterocycles. The van der Waals surface area contributed by atoms with E-state index in [0.717, 1.165) is 16.1 Å². The van der Waals surface area contributed by atoms with Crippen LogP contribution >= 0.6 is 11.8 Å². The number of rotatable bonds is 4.